The molecule has 2 aromatic rings. The molecule has 1 N–H and O–H groups in total. The van der Waals surface area contributed by atoms with Gasteiger partial charge in [0.2, 0.25) is 0 Å². The van der Waals surface area contributed by atoms with Crippen LogP contribution >= 0.6 is 0 Å². The number of benzene rings is 2. The van der Waals surface area contributed by atoms with Gasteiger partial charge in [0.15, 0.2) is 0 Å². The molecule has 0 spiro atoms. The molecule has 0 amide bonds. The largest absolute Gasteiger partial charge is 0.314 e. The molecule has 122 valence electrons. The zero-order valence-electron chi connectivity index (χ0n) is 14.5. The predicted molar refractivity (Wildman–Crippen MR) is 99.9 cm³/mol. The van der Waals surface area contributed by atoms with Gasteiger partial charge >= 0.3 is 0 Å². The molecule has 1 aliphatic rings. The first-order chi connectivity index (χ1) is 11.3. The van der Waals surface area contributed by atoms with Crippen LogP contribution in [0.5, 0.6) is 0 Å². The van der Waals surface area contributed by atoms with E-state index in [1.807, 2.05) is 0 Å². The molecule has 1 nitrogen and oxygen atoms in total. The van der Waals surface area contributed by atoms with E-state index in [9.17, 15) is 0 Å². The molecule has 0 atom stereocenters. The van der Waals surface area contributed by atoms with Gasteiger partial charge in [0.25, 0.3) is 0 Å². The predicted octanol–water partition coefficient (Wildman–Crippen LogP) is 5.69. The Hall–Kier alpha value is -1.60. The van der Waals surface area contributed by atoms with Crippen LogP contribution in [-0.4, -0.2) is 12.6 Å². The van der Waals surface area contributed by atoms with E-state index >= 15 is 0 Å². The maximum absolute atomic E-state index is 3.68. The molecule has 1 aliphatic carbocycles. The molecule has 3 rings (SSSR count). The Kier molecular flexibility index (Phi) is 5.51. The van der Waals surface area contributed by atoms with Crippen LogP contribution in [0.3, 0.4) is 0 Å². The lowest BCUT2D eigenvalue weighted by molar-refractivity contribution is 0.343. The zero-order chi connectivity index (χ0) is 16.1. The highest BCUT2D eigenvalue weighted by atomic mass is 14.9. The van der Waals surface area contributed by atoms with Gasteiger partial charge in [-0.05, 0) is 68.2 Å². The highest BCUT2D eigenvalue weighted by Gasteiger charge is 2.21. The number of hydrogen-bond acceptors (Lipinski definition) is 1. The molecular formula is C22H29N. The Morgan fingerprint density at radius 1 is 0.826 bits per heavy atom. The Morgan fingerprint density at radius 2 is 1.39 bits per heavy atom. The second-order valence-electron chi connectivity index (χ2n) is 6.99. The van der Waals surface area contributed by atoms with Crippen molar-refractivity contribution in [1.29, 1.82) is 0 Å². The lowest BCUT2D eigenvalue weighted by atomic mass is 9.81. The van der Waals surface area contributed by atoms with Crippen molar-refractivity contribution in [2.45, 2.75) is 57.9 Å². The number of rotatable bonds is 5. The molecule has 0 aromatic heterocycles. The molecule has 0 heterocycles. The van der Waals surface area contributed by atoms with E-state index in [1.54, 1.807) is 0 Å². The Balaban J connectivity index is 1.61. The van der Waals surface area contributed by atoms with Gasteiger partial charge in [0.1, 0.15) is 0 Å². The first-order valence-electron chi connectivity index (χ1n) is 9.16. The molecular weight excluding hydrogens is 278 g/mol. The summed E-state index contributed by atoms with van der Waals surface area (Å²) in [6, 6.07) is 18.8. The fourth-order valence-corrected chi connectivity index (χ4v) is 3.67. The van der Waals surface area contributed by atoms with Crippen LogP contribution in [0.4, 0.5) is 0 Å². The number of nitrogens with one attached hydrogen (secondary N) is 1. The number of hydrogen-bond donors (Lipinski definition) is 1. The summed E-state index contributed by atoms with van der Waals surface area (Å²) in [5.41, 5.74) is 5.48. The van der Waals surface area contributed by atoms with Crippen LogP contribution in [0.2, 0.25) is 0 Å². The molecule has 23 heavy (non-hydrogen) atoms. The van der Waals surface area contributed by atoms with Gasteiger partial charge in [-0.25, -0.2) is 0 Å². The maximum atomic E-state index is 3.68. The molecule has 1 fully saturated rings. The summed E-state index contributed by atoms with van der Waals surface area (Å²) in [4.78, 5) is 0. The standard InChI is InChI=1S/C22H29N/c1-3-16-23-22-14-12-21(13-15-22)20-10-8-19(9-11-20)18-6-4-17(2)5-7-18/h4-11,21-23H,3,12-16H2,1-2H3. The summed E-state index contributed by atoms with van der Waals surface area (Å²) in [6.45, 7) is 5.55. The van der Waals surface area contributed by atoms with Crippen molar-refractivity contribution in [2.75, 3.05) is 6.54 Å². The van der Waals surface area contributed by atoms with Crippen LogP contribution in [-0.2, 0) is 0 Å². The fraction of sp³-hybridized carbons (Fsp3) is 0.455. The van der Waals surface area contributed by atoms with E-state index in [1.165, 1.54) is 60.9 Å². The molecule has 0 unspecified atom stereocenters. The van der Waals surface area contributed by atoms with Crippen molar-refractivity contribution in [1.82, 2.24) is 5.32 Å². The van der Waals surface area contributed by atoms with Gasteiger partial charge in [-0.1, -0.05) is 61.0 Å². The normalized spacial score (nSPS) is 21.3. The first-order valence-corrected chi connectivity index (χ1v) is 9.16. The molecule has 0 saturated heterocycles. The van der Waals surface area contributed by atoms with Crippen molar-refractivity contribution < 1.29 is 0 Å². The maximum Gasteiger partial charge on any atom is 0.00674 e. The monoisotopic (exact) mass is 307 g/mol. The van der Waals surface area contributed by atoms with Gasteiger partial charge in [-0.3, -0.25) is 0 Å². The highest BCUT2D eigenvalue weighted by Crippen LogP contribution is 2.34. The summed E-state index contributed by atoms with van der Waals surface area (Å²) in [7, 11) is 0. The van der Waals surface area contributed by atoms with E-state index in [2.05, 4.69) is 67.7 Å². The lowest BCUT2D eigenvalue weighted by Gasteiger charge is -2.29. The minimum atomic E-state index is 0.748. The molecule has 2 aromatic carbocycles. The van der Waals surface area contributed by atoms with Crippen molar-refractivity contribution in [2.24, 2.45) is 0 Å². The van der Waals surface area contributed by atoms with Crippen LogP contribution in [0, 0.1) is 6.92 Å². The van der Waals surface area contributed by atoms with E-state index < -0.39 is 0 Å². The minimum absolute atomic E-state index is 0.748. The van der Waals surface area contributed by atoms with Crippen LogP contribution < -0.4 is 5.32 Å². The summed E-state index contributed by atoms with van der Waals surface area (Å²) in [5.74, 6) is 0.752. The summed E-state index contributed by atoms with van der Waals surface area (Å²) >= 11 is 0. The molecule has 0 radical (unpaired) electrons. The van der Waals surface area contributed by atoms with Crippen molar-refractivity contribution >= 4 is 0 Å². The topological polar surface area (TPSA) is 12.0 Å². The molecule has 1 heteroatoms. The Morgan fingerprint density at radius 3 is 1.96 bits per heavy atom. The van der Waals surface area contributed by atoms with Gasteiger partial charge in [0, 0.05) is 6.04 Å². The van der Waals surface area contributed by atoms with Crippen LogP contribution in [0.15, 0.2) is 48.5 Å². The van der Waals surface area contributed by atoms with Crippen LogP contribution in [0.1, 0.15) is 56.1 Å². The lowest BCUT2D eigenvalue weighted by Crippen LogP contribution is -2.33. The second kappa shape index (κ2) is 7.79. The summed E-state index contributed by atoms with van der Waals surface area (Å²) in [6.07, 6.45) is 6.53. The smallest absolute Gasteiger partial charge is 0.00674 e. The van der Waals surface area contributed by atoms with Gasteiger partial charge in [0.05, 0.1) is 0 Å². The first kappa shape index (κ1) is 16.3. The molecule has 0 aliphatic heterocycles. The van der Waals surface area contributed by atoms with Gasteiger partial charge < -0.3 is 5.32 Å². The van der Waals surface area contributed by atoms with Gasteiger partial charge in [-0.15, -0.1) is 0 Å². The van der Waals surface area contributed by atoms with Gasteiger partial charge in [-0.2, -0.15) is 0 Å². The quantitative estimate of drug-likeness (QED) is 0.748. The van der Waals surface area contributed by atoms with E-state index in [4.69, 9.17) is 0 Å². The van der Waals surface area contributed by atoms with E-state index in [0.717, 1.165) is 12.0 Å². The third-order valence-corrected chi connectivity index (χ3v) is 5.18. The van der Waals surface area contributed by atoms with Crippen LogP contribution in [0.25, 0.3) is 11.1 Å². The average molecular weight is 307 g/mol. The third-order valence-electron chi connectivity index (χ3n) is 5.18. The Labute approximate surface area is 141 Å². The van der Waals surface area contributed by atoms with Crippen molar-refractivity contribution in [3.63, 3.8) is 0 Å². The minimum Gasteiger partial charge on any atom is -0.314 e. The summed E-state index contributed by atoms with van der Waals surface area (Å²) in [5, 5.41) is 3.68. The third kappa shape index (κ3) is 4.23. The summed E-state index contributed by atoms with van der Waals surface area (Å²) < 4.78 is 0. The van der Waals surface area contributed by atoms with E-state index in [0.29, 0.717) is 0 Å². The fourth-order valence-electron chi connectivity index (χ4n) is 3.67. The van der Waals surface area contributed by atoms with E-state index in [-0.39, 0.29) is 0 Å². The Bertz CT molecular complexity index is 589. The molecule has 0 bridgehead atoms. The highest BCUT2D eigenvalue weighted by molar-refractivity contribution is 5.64. The SMILES string of the molecule is CCCNC1CCC(c2ccc(-c3ccc(C)cc3)cc2)CC1. The number of aryl methyl sites for hydroxylation is 1. The zero-order valence-corrected chi connectivity index (χ0v) is 14.5. The van der Waals surface area contributed by atoms with Crippen molar-refractivity contribution in [3.8, 4) is 11.1 Å². The molecule has 1 saturated carbocycles. The second-order valence-corrected chi connectivity index (χ2v) is 6.99. The van der Waals surface area contributed by atoms with Crippen molar-refractivity contribution in [3.05, 3.63) is 59.7 Å². The average Bonchev–Trinajstić information content (AvgIpc) is 2.61.